The van der Waals surface area contributed by atoms with Crippen molar-refractivity contribution in [2.24, 2.45) is 11.8 Å². The first-order chi connectivity index (χ1) is 9.04. The predicted molar refractivity (Wildman–Crippen MR) is 85.6 cm³/mol. The number of hydrogen-bond donors (Lipinski definition) is 1. The van der Waals surface area contributed by atoms with Gasteiger partial charge in [-0.2, -0.15) is 0 Å². The Labute approximate surface area is 121 Å². The zero-order valence-electron chi connectivity index (χ0n) is 13.9. The van der Waals surface area contributed by atoms with Crippen LogP contribution in [0.1, 0.15) is 66.7 Å². The Bertz CT molecular complexity index is 225. The van der Waals surface area contributed by atoms with E-state index in [1.165, 1.54) is 45.2 Å². The van der Waals surface area contributed by atoms with E-state index in [1.807, 2.05) is 0 Å². The fourth-order valence-electron chi connectivity index (χ4n) is 3.40. The van der Waals surface area contributed by atoms with Gasteiger partial charge in [0, 0.05) is 25.2 Å². The highest BCUT2D eigenvalue weighted by atomic mass is 15.2. The molecule has 1 N–H and O–H groups in total. The van der Waals surface area contributed by atoms with Gasteiger partial charge in [-0.1, -0.05) is 40.0 Å². The summed E-state index contributed by atoms with van der Waals surface area (Å²) in [6, 6.07) is 1.42. The normalized spacial score (nSPS) is 25.3. The summed E-state index contributed by atoms with van der Waals surface area (Å²) in [7, 11) is 0. The molecule has 0 saturated heterocycles. The van der Waals surface area contributed by atoms with Crippen LogP contribution in [0.3, 0.4) is 0 Å². The Morgan fingerprint density at radius 3 is 2.32 bits per heavy atom. The molecular formula is C17H36N2. The quantitative estimate of drug-likeness (QED) is 0.704. The lowest BCUT2D eigenvalue weighted by Crippen LogP contribution is -2.45. The first-order valence-electron chi connectivity index (χ1n) is 8.52. The Hall–Kier alpha value is -0.0800. The molecule has 1 aliphatic carbocycles. The van der Waals surface area contributed by atoms with Gasteiger partial charge in [0.15, 0.2) is 0 Å². The molecule has 2 nitrogen and oxygen atoms in total. The van der Waals surface area contributed by atoms with E-state index >= 15 is 0 Å². The first-order valence-corrected chi connectivity index (χ1v) is 8.52. The van der Waals surface area contributed by atoms with Gasteiger partial charge in [-0.05, 0) is 45.1 Å². The maximum Gasteiger partial charge on any atom is 0.0107 e. The van der Waals surface area contributed by atoms with Crippen LogP contribution in [0.15, 0.2) is 0 Å². The molecule has 0 aromatic rings. The lowest BCUT2D eigenvalue weighted by atomic mass is 9.93. The van der Waals surface area contributed by atoms with Gasteiger partial charge < -0.3 is 10.2 Å². The molecule has 2 atom stereocenters. The smallest absolute Gasteiger partial charge is 0.0107 e. The summed E-state index contributed by atoms with van der Waals surface area (Å²) in [4.78, 5) is 2.70. The zero-order valence-corrected chi connectivity index (χ0v) is 13.9. The molecule has 1 fully saturated rings. The van der Waals surface area contributed by atoms with Crippen molar-refractivity contribution in [3.63, 3.8) is 0 Å². The fourth-order valence-corrected chi connectivity index (χ4v) is 3.40. The molecular weight excluding hydrogens is 232 g/mol. The van der Waals surface area contributed by atoms with Gasteiger partial charge in [-0.3, -0.25) is 0 Å². The predicted octanol–water partition coefficient (Wildman–Crippen LogP) is 3.91. The zero-order chi connectivity index (χ0) is 14.3. The second kappa shape index (κ2) is 8.97. The minimum atomic E-state index is 0.674. The first kappa shape index (κ1) is 17.0. The molecule has 0 bridgehead atoms. The average molecular weight is 268 g/mol. The minimum Gasteiger partial charge on any atom is -0.314 e. The Kier molecular flexibility index (Phi) is 8.01. The molecule has 2 heteroatoms. The molecule has 0 aliphatic heterocycles. The van der Waals surface area contributed by atoms with Crippen molar-refractivity contribution in [1.82, 2.24) is 10.2 Å². The van der Waals surface area contributed by atoms with E-state index in [4.69, 9.17) is 0 Å². The molecule has 1 rings (SSSR count). The van der Waals surface area contributed by atoms with Crippen molar-refractivity contribution < 1.29 is 0 Å². The van der Waals surface area contributed by atoms with Gasteiger partial charge in [0.05, 0.1) is 0 Å². The van der Waals surface area contributed by atoms with E-state index in [1.54, 1.807) is 0 Å². The second-order valence-corrected chi connectivity index (χ2v) is 7.00. The average Bonchev–Trinajstić information content (AvgIpc) is 2.54. The van der Waals surface area contributed by atoms with Gasteiger partial charge in [0.1, 0.15) is 0 Å². The van der Waals surface area contributed by atoms with Crippen LogP contribution < -0.4 is 5.32 Å². The lowest BCUT2D eigenvalue weighted by Gasteiger charge is -2.35. The van der Waals surface area contributed by atoms with Crippen molar-refractivity contribution in [3.8, 4) is 0 Å². The van der Waals surface area contributed by atoms with Gasteiger partial charge in [0.25, 0.3) is 0 Å². The number of nitrogens with one attached hydrogen (secondary N) is 1. The van der Waals surface area contributed by atoms with Crippen molar-refractivity contribution in [2.75, 3.05) is 19.6 Å². The Balaban J connectivity index is 2.61. The standard InChI is InChI=1S/C17H36N2/c1-6-18-17-11-9-7-8-10-16(17)13-19(15(4)5)12-14(2)3/h14-18H,6-13H2,1-5H3. The molecule has 2 unspecified atom stereocenters. The molecule has 0 amide bonds. The largest absolute Gasteiger partial charge is 0.314 e. The van der Waals surface area contributed by atoms with E-state index in [9.17, 15) is 0 Å². The van der Waals surface area contributed by atoms with E-state index in [2.05, 4.69) is 44.8 Å². The van der Waals surface area contributed by atoms with E-state index < -0.39 is 0 Å². The number of rotatable bonds is 7. The minimum absolute atomic E-state index is 0.674. The van der Waals surface area contributed by atoms with Crippen LogP contribution in [0.4, 0.5) is 0 Å². The van der Waals surface area contributed by atoms with Crippen LogP contribution in [0.25, 0.3) is 0 Å². The maximum absolute atomic E-state index is 3.75. The van der Waals surface area contributed by atoms with Crippen LogP contribution in [0.2, 0.25) is 0 Å². The van der Waals surface area contributed by atoms with Crippen LogP contribution in [-0.4, -0.2) is 36.6 Å². The van der Waals surface area contributed by atoms with Crippen molar-refractivity contribution in [2.45, 2.75) is 78.8 Å². The molecule has 114 valence electrons. The third kappa shape index (κ3) is 6.27. The molecule has 0 radical (unpaired) electrons. The summed E-state index contributed by atoms with van der Waals surface area (Å²) in [5.41, 5.74) is 0. The highest BCUT2D eigenvalue weighted by Crippen LogP contribution is 2.25. The van der Waals surface area contributed by atoms with Gasteiger partial charge in [0.2, 0.25) is 0 Å². The molecule has 19 heavy (non-hydrogen) atoms. The number of hydrogen-bond acceptors (Lipinski definition) is 2. The summed E-state index contributed by atoms with van der Waals surface area (Å²) in [5, 5.41) is 3.75. The van der Waals surface area contributed by atoms with E-state index in [0.29, 0.717) is 6.04 Å². The lowest BCUT2D eigenvalue weighted by molar-refractivity contribution is 0.146. The van der Waals surface area contributed by atoms with Crippen LogP contribution in [0, 0.1) is 11.8 Å². The van der Waals surface area contributed by atoms with E-state index in [-0.39, 0.29) is 0 Å². The second-order valence-electron chi connectivity index (χ2n) is 7.00. The highest BCUT2D eigenvalue weighted by molar-refractivity contribution is 4.82. The third-order valence-corrected chi connectivity index (χ3v) is 4.42. The van der Waals surface area contributed by atoms with Crippen molar-refractivity contribution in [1.29, 1.82) is 0 Å². The SMILES string of the molecule is CCNC1CCCCCC1CN(CC(C)C)C(C)C. The molecule has 1 aliphatic rings. The van der Waals surface area contributed by atoms with E-state index in [0.717, 1.165) is 24.4 Å². The monoisotopic (exact) mass is 268 g/mol. The molecule has 0 spiro atoms. The summed E-state index contributed by atoms with van der Waals surface area (Å²) in [6.07, 6.45) is 7.08. The van der Waals surface area contributed by atoms with Crippen molar-refractivity contribution >= 4 is 0 Å². The Morgan fingerprint density at radius 2 is 1.74 bits per heavy atom. The van der Waals surface area contributed by atoms with Crippen LogP contribution in [0.5, 0.6) is 0 Å². The topological polar surface area (TPSA) is 15.3 Å². The number of nitrogens with zero attached hydrogens (tertiary/aromatic N) is 1. The molecule has 1 saturated carbocycles. The molecule has 0 aromatic heterocycles. The molecule has 0 aromatic carbocycles. The maximum atomic E-state index is 3.75. The summed E-state index contributed by atoms with van der Waals surface area (Å²) < 4.78 is 0. The fraction of sp³-hybridized carbons (Fsp3) is 1.00. The Morgan fingerprint density at radius 1 is 1.05 bits per heavy atom. The third-order valence-electron chi connectivity index (χ3n) is 4.42. The van der Waals surface area contributed by atoms with Crippen LogP contribution in [-0.2, 0) is 0 Å². The highest BCUT2D eigenvalue weighted by Gasteiger charge is 2.26. The van der Waals surface area contributed by atoms with Crippen LogP contribution >= 0.6 is 0 Å². The van der Waals surface area contributed by atoms with Crippen molar-refractivity contribution in [3.05, 3.63) is 0 Å². The summed E-state index contributed by atoms with van der Waals surface area (Å²) in [5.74, 6) is 1.62. The van der Waals surface area contributed by atoms with Gasteiger partial charge in [-0.25, -0.2) is 0 Å². The van der Waals surface area contributed by atoms with Gasteiger partial charge >= 0.3 is 0 Å². The summed E-state index contributed by atoms with van der Waals surface area (Å²) >= 11 is 0. The molecule has 0 heterocycles. The summed E-state index contributed by atoms with van der Waals surface area (Å²) in [6.45, 7) is 15.3. The van der Waals surface area contributed by atoms with Gasteiger partial charge in [-0.15, -0.1) is 0 Å².